The second-order valence-corrected chi connectivity index (χ2v) is 5.24. The SMILES string of the molecule is CCN(c1cc(=O)c2ccccc2n1C=O)N1CCCC1. The Morgan fingerprint density at radius 2 is 1.95 bits per heavy atom. The van der Waals surface area contributed by atoms with Crippen LogP contribution < -0.4 is 10.4 Å². The summed E-state index contributed by atoms with van der Waals surface area (Å²) in [5, 5.41) is 4.82. The minimum atomic E-state index is -0.0450. The van der Waals surface area contributed by atoms with E-state index in [-0.39, 0.29) is 5.43 Å². The molecule has 0 unspecified atom stereocenters. The van der Waals surface area contributed by atoms with E-state index in [9.17, 15) is 9.59 Å². The molecule has 5 nitrogen and oxygen atoms in total. The minimum absolute atomic E-state index is 0.0450. The lowest BCUT2D eigenvalue weighted by Crippen LogP contribution is -2.42. The van der Waals surface area contributed by atoms with E-state index in [1.807, 2.05) is 30.1 Å². The molecule has 1 aliphatic heterocycles. The number of anilines is 1. The van der Waals surface area contributed by atoms with E-state index < -0.39 is 0 Å². The molecule has 0 bridgehead atoms. The van der Waals surface area contributed by atoms with Crippen molar-refractivity contribution in [2.45, 2.75) is 19.8 Å². The standard InChI is InChI=1S/C16H19N3O2/c1-2-19(17-9-5-6-10-17)16-11-15(21)13-7-3-4-8-14(13)18(16)12-20/h3-4,7-8,11-12H,2,5-6,9-10H2,1H3. The average Bonchev–Trinajstić information content (AvgIpc) is 3.03. The van der Waals surface area contributed by atoms with Crippen LogP contribution in [0.1, 0.15) is 19.8 Å². The van der Waals surface area contributed by atoms with Gasteiger partial charge in [0.25, 0.3) is 0 Å². The van der Waals surface area contributed by atoms with Gasteiger partial charge in [-0.1, -0.05) is 12.1 Å². The molecule has 2 heterocycles. The van der Waals surface area contributed by atoms with Gasteiger partial charge in [-0.2, -0.15) is 0 Å². The fraction of sp³-hybridized carbons (Fsp3) is 0.375. The van der Waals surface area contributed by atoms with Crippen molar-refractivity contribution < 1.29 is 4.79 Å². The first-order valence-electron chi connectivity index (χ1n) is 7.38. The molecule has 0 amide bonds. The number of carbonyl (C=O) groups is 1. The summed E-state index contributed by atoms with van der Waals surface area (Å²) >= 11 is 0. The van der Waals surface area contributed by atoms with Crippen molar-refractivity contribution in [1.29, 1.82) is 0 Å². The molecule has 3 rings (SSSR count). The third kappa shape index (κ3) is 2.34. The van der Waals surface area contributed by atoms with E-state index in [0.29, 0.717) is 16.7 Å². The van der Waals surface area contributed by atoms with E-state index in [0.717, 1.165) is 38.9 Å². The van der Waals surface area contributed by atoms with Gasteiger partial charge in [0.1, 0.15) is 5.82 Å². The second kappa shape index (κ2) is 5.69. The normalized spacial score (nSPS) is 15.5. The van der Waals surface area contributed by atoms with Crippen LogP contribution in [-0.4, -0.2) is 35.6 Å². The van der Waals surface area contributed by atoms with Gasteiger partial charge in [0.15, 0.2) is 5.43 Å². The molecule has 0 N–H and O–H groups in total. The Hall–Kier alpha value is -2.14. The average molecular weight is 285 g/mol. The van der Waals surface area contributed by atoms with Crippen molar-refractivity contribution >= 4 is 23.1 Å². The van der Waals surface area contributed by atoms with Crippen LogP contribution in [0, 0.1) is 0 Å². The maximum Gasteiger partial charge on any atom is 0.219 e. The van der Waals surface area contributed by atoms with Crippen molar-refractivity contribution in [2.75, 3.05) is 24.6 Å². The van der Waals surface area contributed by atoms with Crippen molar-refractivity contribution in [2.24, 2.45) is 0 Å². The quantitative estimate of drug-likeness (QED) is 0.805. The molecule has 0 saturated carbocycles. The first-order chi connectivity index (χ1) is 10.3. The molecule has 21 heavy (non-hydrogen) atoms. The van der Waals surface area contributed by atoms with Crippen molar-refractivity contribution in [3.63, 3.8) is 0 Å². The number of hydrogen-bond acceptors (Lipinski definition) is 4. The molecule has 2 aromatic rings. The van der Waals surface area contributed by atoms with Gasteiger partial charge in [-0.25, -0.2) is 5.01 Å². The van der Waals surface area contributed by atoms with Gasteiger partial charge in [-0.05, 0) is 31.9 Å². The maximum atomic E-state index is 12.3. The molecular formula is C16H19N3O2. The van der Waals surface area contributed by atoms with Gasteiger partial charge in [0.05, 0.1) is 5.52 Å². The fourth-order valence-electron chi connectivity index (χ4n) is 3.04. The van der Waals surface area contributed by atoms with Gasteiger partial charge < -0.3 is 0 Å². The second-order valence-electron chi connectivity index (χ2n) is 5.24. The van der Waals surface area contributed by atoms with Crippen molar-refractivity contribution in [1.82, 2.24) is 9.58 Å². The van der Waals surface area contributed by atoms with Crippen molar-refractivity contribution in [3.8, 4) is 0 Å². The Kier molecular flexibility index (Phi) is 3.75. The molecule has 1 aromatic carbocycles. The van der Waals surface area contributed by atoms with E-state index in [1.165, 1.54) is 0 Å². The highest BCUT2D eigenvalue weighted by atomic mass is 16.1. The number of hydrogen-bond donors (Lipinski definition) is 0. The van der Waals surface area contributed by atoms with Gasteiger partial charge in [0.2, 0.25) is 6.41 Å². The Morgan fingerprint density at radius 1 is 1.24 bits per heavy atom. The Morgan fingerprint density at radius 3 is 2.62 bits per heavy atom. The molecule has 110 valence electrons. The van der Waals surface area contributed by atoms with Gasteiger partial charge >= 0.3 is 0 Å². The van der Waals surface area contributed by atoms with Crippen LogP contribution in [0.25, 0.3) is 10.9 Å². The predicted octanol–water partition coefficient (Wildman–Crippen LogP) is 1.88. The summed E-state index contributed by atoms with van der Waals surface area (Å²) in [7, 11) is 0. The predicted molar refractivity (Wildman–Crippen MR) is 84.2 cm³/mol. The number of hydrazine groups is 1. The Bertz CT molecular complexity index is 717. The topological polar surface area (TPSA) is 45.6 Å². The van der Waals surface area contributed by atoms with Crippen LogP contribution in [0.5, 0.6) is 0 Å². The highest BCUT2D eigenvalue weighted by molar-refractivity contribution is 5.87. The summed E-state index contributed by atoms with van der Waals surface area (Å²) in [5.74, 6) is 0.651. The Balaban J connectivity index is 2.21. The highest BCUT2D eigenvalue weighted by Gasteiger charge is 2.22. The molecule has 1 saturated heterocycles. The number of para-hydroxylation sites is 1. The van der Waals surface area contributed by atoms with Crippen LogP contribution >= 0.6 is 0 Å². The molecule has 0 atom stereocenters. The molecule has 0 spiro atoms. The fourth-order valence-corrected chi connectivity index (χ4v) is 3.04. The molecular weight excluding hydrogens is 266 g/mol. The van der Waals surface area contributed by atoms with E-state index in [1.54, 1.807) is 16.7 Å². The van der Waals surface area contributed by atoms with Crippen LogP contribution in [-0.2, 0) is 4.79 Å². The molecule has 5 heteroatoms. The number of nitrogens with zero attached hydrogens (tertiary/aromatic N) is 3. The largest absolute Gasteiger partial charge is 0.291 e. The summed E-state index contributed by atoms with van der Waals surface area (Å²) in [4.78, 5) is 23.9. The van der Waals surface area contributed by atoms with E-state index in [4.69, 9.17) is 0 Å². The van der Waals surface area contributed by atoms with Gasteiger partial charge in [-0.3, -0.25) is 19.2 Å². The maximum absolute atomic E-state index is 12.3. The zero-order chi connectivity index (χ0) is 14.8. The molecule has 1 aliphatic rings. The number of aromatic nitrogens is 1. The molecule has 1 fully saturated rings. The number of rotatable bonds is 4. The smallest absolute Gasteiger partial charge is 0.219 e. The van der Waals surface area contributed by atoms with Gasteiger partial charge in [0, 0.05) is 31.1 Å². The monoisotopic (exact) mass is 285 g/mol. The lowest BCUT2D eigenvalue weighted by Gasteiger charge is -2.33. The minimum Gasteiger partial charge on any atom is -0.291 e. The number of benzene rings is 1. The van der Waals surface area contributed by atoms with E-state index >= 15 is 0 Å². The molecule has 1 aromatic heterocycles. The third-order valence-electron chi connectivity index (χ3n) is 4.03. The summed E-state index contributed by atoms with van der Waals surface area (Å²) in [6.07, 6.45) is 3.08. The van der Waals surface area contributed by atoms with Crippen LogP contribution in [0.2, 0.25) is 0 Å². The van der Waals surface area contributed by atoms with Crippen molar-refractivity contribution in [3.05, 3.63) is 40.6 Å². The number of fused-ring (bicyclic) bond motifs is 1. The third-order valence-corrected chi connectivity index (χ3v) is 4.03. The Labute approximate surface area is 123 Å². The summed E-state index contributed by atoms with van der Waals surface area (Å²) in [6, 6.07) is 8.80. The molecule has 0 radical (unpaired) electrons. The summed E-state index contributed by atoms with van der Waals surface area (Å²) < 4.78 is 1.57. The van der Waals surface area contributed by atoms with E-state index in [2.05, 4.69) is 5.01 Å². The van der Waals surface area contributed by atoms with Gasteiger partial charge in [-0.15, -0.1) is 0 Å². The lowest BCUT2D eigenvalue weighted by molar-refractivity contribution is 0.308. The first-order valence-corrected chi connectivity index (χ1v) is 7.38. The molecule has 0 aliphatic carbocycles. The summed E-state index contributed by atoms with van der Waals surface area (Å²) in [6.45, 7) is 4.69. The zero-order valence-electron chi connectivity index (χ0n) is 12.2. The highest BCUT2D eigenvalue weighted by Crippen LogP contribution is 2.22. The lowest BCUT2D eigenvalue weighted by atomic mass is 10.2. The van der Waals surface area contributed by atoms with Crippen LogP contribution in [0.4, 0.5) is 5.82 Å². The van der Waals surface area contributed by atoms with Crippen LogP contribution in [0.3, 0.4) is 0 Å². The first kappa shape index (κ1) is 13.8. The number of carbonyl (C=O) groups excluding carboxylic acids is 1. The summed E-state index contributed by atoms with van der Waals surface area (Å²) in [5.41, 5.74) is 0.615. The zero-order valence-corrected chi connectivity index (χ0v) is 12.2. The van der Waals surface area contributed by atoms with Crippen LogP contribution in [0.15, 0.2) is 35.1 Å². The number of pyridine rings is 1.